The summed E-state index contributed by atoms with van der Waals surface area (Å²) >= 11 is 7.10. The van der Waals surface area contributed by atoms with Crippen molar-refractivity contribution in [3.63, 3.8) is 0 Å². The molecule has 0 spiro atoms. The van der Waals surface area contributed by atoms with Crippen molar-refractivity contribution >= 4 is 38.9 Å². The van der Waals surface area contributed by atoms with E-state index in [-0.39, 0.29) is 29.6 Å². The third kappa shape index (κ3) is 4.06. The third-order valence-electron chi connectivity index (χ3n) is 4.30. The number of methoxy groups -OCH3 is 2. The smallest absolute Gasteiger partial charge is 0.264 e. The first-order valence-electron chi connectivity index (χ1n) is 8.13. The van der Waals surface area contributed by atoms with Crippen LogP contribution in [0.4, 0.5) is 0 Å². The van der Waals surface area contributed by atoms with E-state index < -0.39 is 10.0 Å². The zero-order valence-electron chi connectivity index (χ0n) is 14.8. The molecule has 7 nitrogen and oxygen atoms in total. The van der Waals surface area contributed by atoms with E-state index >= 15 is 0 Å². The summed E-state index contributed by atoms with van der Waals surface area (Å²) in [4.78, 5) is 14.7. The lowest BCUT2D eigenvalue weighted by Crippen LogP contribution is -2.50. The van der Waals surface area contributed by atoms with Gasteiger partial charge in [-0.15, -0.1) is 11.3 Å². The molecule has 1 amide bonds. The first-order valence-corrected chi connectivity index (χ1v) is 10.8. The third-order valence-corrected chi connectivity index (χ3v) is 7.44. The van der Waals surface area contributed by atoms with Gasteiger partial charge in [0.25, 0.3) is 5.91 Å². The molecule has 1 aromatic carbocycles. The summed E-state index contributed by atoms with van der Waals surface area (Å²) in [5.41, 5.74) is 0. The average molecular weight is 431 g/mol. The van der Waals surface area contributed by atoms with Crippen molar-refractivity contribution in [3.05, 3.63) is 39.5 Å². The number of thiophene rings is 1. The van der Waals surface area contributed by atoms with Crippen molar-refractivity contribution in [2.45, 2.75) is 4.90 Å². The molecular formula is C17H19ClN2O5S2. The maximum atomic E-state index is 13.1. The second kappa shape index (κ2) is 8.05. The highest BCUT2D eigenvalue weighted by atomic mass is 35.5. The Kier molecular flexibility index (Phi) is 5.95. The van der Waals surface area contributed by atoms with Gasteiger partial charge < -0.3 is 14.4 Å². The Labute approximate surface area is 167 Å². The number of ether oxygens (including phenoxy) is 2. The number of sulfonamides is 1. The minimum atomic E-state index is -3.78. The van der Waals surface area contributed by atoms with Gasteiger partial charge in [0.1, 0.15) is 16.4 Å². The largest absolute Gasteiger partial charge is 0.497 e. The van der Waals surface area contributed by atoms with Crippen LogP contribution in [-0.4, -0.2) is 63.9 Å². The van der Waals surface area contributed by atoms with Crippen LogP contribution in [0.25, 0.3) is 0 Å². The van der Waals surface area contributed by atoms with E-state index in [1.807, 2.05) is 0 Å². The predicted octanol–water partition coefficient (Wildman–Crippen LogP) is 2.57. The molecule has 0 bridgehead atoms. The Balaban J connectivity index is 1.76. The highest BCUT2D eigenvalue weighted by Gasteiger charge is 2.33. The monoisotopic (exact) mass is 430 g/mol. The van der Waals surface area contributed by atoms with E-state index in [1.54, 1.807) is 29.2 Å². The lowest BCUT2D eigenvalue weighted by Gasteiger charge is -2.34. The van der Waals surface area contributed by atoms with E-state index in [9.17, 15) is 13.2 Å². The highest BCUT2D eigenvalue weighted by molar-refractivity contribution is 7.89. The molecule has 0 radical (unpaired) electrons. The molecule has 0 N–H and O–H groups in total. The second-order valence-corrected chi connectivity index (χ2v) is 9.44. The van der Waals surface area contributed by atoms with Gasteiger partial charge in [-0.05, 0) is 24.3 Å². The van der Waals surface area contributed by atoms with Crippen LogP contribution >= 0.6 is 22.9 Å². The van der Waals surface area contributed by atoms with E-state index in [0.29, 0.717) is 28.1 Å². The first kappa shape index (κ1) is 19.9. The molecular weight excluding hydrogens is 412 g/mol. The van der Waals surface area contributed by atoms with Gasteiger partial charge in [-0.1, -0.05) is 11.6 Å². The van der Waals surface area contributed by atoms with Crippen LogP contribution in [0.1, 0.15) is 9.67 Å². The molecule has 0 unspecified atom stereocenters. The van der Waals surface area contributed by atoms with E-state index in [2.05, 4.69) is 0 Å². The lowest BCUT2D eigenvalue weighted by molar-refractivity contribution is 0.0702. The number of piperazine rings is 1. The molecule has 1 saturated heterocycles. The second-order valence-electron chi connectivity index (χ2n) is 5.82. The summed E-state index contributed by atoms with van der Waals surface area (Å²) in [6.45, 7) is 1.01. The fourth-order valence-electron chi connectivity index (χ4n) is 2.84. The van der Waals surface area contributed by atoms with Crippen LogP contribution in [0.3, 0.4) is 0 Å². The number of carbonyl (C=O) groups is 1. The van der Waals surface area contributed by atoms with E-state index in [1.165, 1.54) is 35.9 Å². The van der Waals surface area contributed by atoms with Crippen molar-refractivity contribution < 1.29 is 22.7 Å². The minimum absolute atomic E-state index is 0.0502. The quantitative estimate of drug-likeness (QED) is 0.728. The molecule has 2 heterocycles. The summed E-state index contributed by atoms with van der Waals surface area (Å²) in [6, 6.07) is 8.00. The number of rotatable bonds is 5. The Morgan fingerprint density at radius 1 is 1.07 bits per heavy atom. The van der Waals surface area contributed by atoms with Crippen molar-refractivity contribution in [1.29, 1.82) is 0 Å². The molecule has 1 aliphatic heterocycles. The van der Waals surface area contributed by atoms with Crippen molar-refractivity contribution in [2.24, 2.45) is 0 Å². The summed E-state index contributed by atoms with van der Waals surface area (Å²) in [7, 11) is -0.883. The van der Waals surface area contributed by atoms with Crippen molar-refractivity contribution in [3.8, 4) is 11.5 Å². The average Bonchev–Trinajstić information content (AvgIpc) is 3.13. The summed E-state index contributed by atoms with van der Waals surface area (Å²) in [5.74, 6) is 0.545. The number of amides is 1. The van der Waals surface area contributed by atoms with Crippen LogP contribution in [0.15, 0.2) is 35.2 Å². The van der Waals surface area contributed by atoms with Crippen molar-refractivity contribution in [2.75, 3.05) is 40.4 Å². The molecule has 1 aliphatic rings. The SMILES string of the molecule is COc1ccc(OC)c(S(=O)(=O)N2CCN(C(=O)c3ccc(Cl)s3)CC2)c1. The number of carbonyl (C=O) groups excluding carboxylic acids is 1. The zero-order chi connectivity index (χ0) is 19.6. The van der Waals surface area contributed by atoms with Gasteiger partial charge in [0.05, 0.1) is 23.4 Å². The van der Waals surface area contributed by atoms with Crippen molar-refractivity contribution in [1.82, 2.24) is 9.21 Å². The maximum Gasteiger partial charge on any atom is 0.264 e. The van der Waals surface area contributed by atoms with Gasteiger partial charge >= 0.3 is 0 Å². The van der Waals surface area contributed by atoms with Gasteiger partial charge in [0.2, 0.25) is 10.0 Å². The highest BCUT2D eigenvalue weighted by Crippen LogP contribution is 2.31. The van der Waals surface area contributed by atoms with Crippen LogP contribution in [0.5, 0.6) is 11.5 Å². The van der Waals surface area contributed by atoms with Gasteiger partial charge in [-0.3, -0.25) is 4.79 Å². The zero-order valence-corrected chi connectivity index (χ0v) is 17.2. The molecule has 27 heavy (non-hydrogen) atoms. The lowest BCUT2D eigenvalue weighted by atomic mass is 10.3. The molecule has 0 saturated carbocycles. The number of benzene rings is 1. The fraction of sp³-hybridized carbons (Fsp3) is 0.353. The van der Waals surface area contributed by atoms with E-state index in [0.717, 1.165) is 0 Å². The van der Waals surface area contributed by atoms with Gasteiger partial charge in [-0.25, -0.2) is 8.42 Å². The molecule has 10 heteroatoms. The molecule has 0 aliphatic carbocycles. The number of nitrogens with zero attached hydrogens (tertiary/aromatic N) is 2. The van der Waals surface area contributed by atoms with Gasteiger partial charge in [0.15, 0.2) is 0 Å². The molecule has 3 rings (SSSR count). The Morgan fingerprint density at radius 2 is 1.78 bits per heavy atom. The number of hydrogen-bond donors (Lipinski definition) is 0. The minimum Gasteiger partial charge on any atom is -0.497 e. The first-order chi connectivity index (χ1) is 12.9. The van der Waals surface area contributed by atoms with Gasteiger partial charge in [0, 0.05) is 32.2 Å². The Morgan fingerprint density at radius 3 is 2.33 bits per heavy atom. The van der Waals surface area contributed by atoms with Crippen LogP contribution in [0.2, 0.25) is 4.34 Å². The fourth-order valence-corrected chi connectivity index (χ4v) is 5.45. The Hall–Kier alpha value is -1.81. The number of halogens is 1. The molecule has 1 aromatic heterocycles. The van der Waals surface area contributed by atoms with Crippen LogP contribution in [0, 0.1) is 0 Å². The maximum absolute atomic E-state index is 13.1. The molecule has 146 valence electrons. The predicted molar refractivity (Wildman–Crippen MR) is 104 cm³/mol. The van der Waals surface area contributed by atoms with Crippen LogP contribution < -0.4 is 9.47 Å². The normalized spacial score (nSPS) is 15.6. The number of hydrogen-bond acceptors (Lipinski definition) is 6. The summed E-state index contributed by atoms with van der Waals surface area (Å²) < 4.78 is 38.4. The summed E-state index contributed by atoms with van der Waals surface area (Å²) in [6.07, 6.45) is 0. The molecule has 1 fully saturated rings. The van der Waals surface area contributed by atoms with Gasteiger partial charge in [-0.2, -0.15) is 4.31 Å². The van der Waals surface area contributed by atoms with E-state index in [4.69, 9.17) is 21.1 Å². The standard InChI is InChI=1S/C17H19ClN2O5S2/c1-24-12-3-4-13(25-2)15(11-12)27(22,23)20-9-7-19(8-10-20)17(21)14-5-6-16(18)26-14/h3-6,11H,7-10H2,1-2H3. The molecule has 0 atom stereocenters. The molecule has 2 aromatic rings. The Bertz CT molecular complexity index is 937. The van der Waals surface area contributed by atoms with Crippen LogP contribution in [-0.2, 0) is 10.0 Å². The summed E-state index contributed by atoms with van der Waals surface area (Å²) in [5, 5.41) is 0. The topological polar surface area (TPSA) is 76.2 Å².